The summed E-state index contributed by atoms with van der Waals surface area (Å²) < 4.78 is 21.5. The molecule has 2 heterocycles. The van der Waals surface area contributed by atoms with Crippen LogP contribution in [-0.2, 0) is 23.7 Å². The van der Waals surface area contributed by atoms with E-state index >= 15 is 0 Å². The smallest absolute Gasteiger partial charge is 0.187 e. The molecule has 15 nitrogen and oxygen atoms in total. The standard InChI is InChI=1S/C18H32O15/c1-5-9(24)12(27)14(29)17(30-5)33-16-13(28)11(26)8(4-21)31-18(16)32-15(7(23)3-20)10(25)6(22)2-19/h2,5-18,20-29H,3-4H2,1H3. The van der Waals surface area contributed by atoms with Gasteiger partial charge in [-0.15, -0.1) is 0 Å². The van der Waals surface area contributed by atoms with Gasteiger partial charge in [-0.2, -0.15) is 0 Å². The zero-order chi connectivity index (χ0) is 25.0. The maximum Gasteiger partial charge on any atom is 0.187 e. The van der Waals surface area contributed by atoms with Crippen molar-refractivity contribution in [2.75, 3.05) is 13.2 Å². The molecule has 15 heteroatoms. The number of aliphatic hydroxyl groups excluding tert-OH is 10. The first-order chi connectivity index (χ1) is 15.5. The van der Waals surface area contributed by atoms with Crippen molar-refractivity contribution in [3.05, 3.63) is 0 Å². The van der Waals surface area contributed by atoms with Gasteiger partial charge in [-0.05, 0) is 6.92 Å². The maximum atomic E-state index is 10.8. The van der Waals surface area contributed by atoms with Crippen molar-refractivity contribution < 1.29 is 74.8 Å². The van der Waals surface area contributed by atoms with Gasteiger partial charge >= 0.3 is 0 Å². The van der Waals surface area contributed by atoms with Crippen LogP contribution in [-0.4, -0.2) is 156 Å². The van der Waals surface area contributed by atoms with Crippen LogP contribution in [0.25, 0.3) is 0 Å². The van der Waals surface area contributed by atoms with Crippen LogP contribution < -0.4 is 0 Å². The van der Waals surface area contributed by atoms with E-state index in [1.54, 1.807) is 0 Å². The first-order valence-corrected chi connectivity index (χ1v) is 10.2. The minimum atomic E-state index is -2.08. The normalized spacial score (nSPS) is 43.5. The average molecular weight is 488 g/mol. The van der Waals surface area contributed by atoms with E-state index in [0.29, 0.717) is 0 Å². The number of carbonyl (C=O) groups excluding carboxylic acids is 1. The van der Waals surface area contributed by atoms with Crippen molar-refractivity contribution in [1.29, 1.82) is 0 Å². The summed E-state index contributed by atoms with van der Waals surface area (Å²) in [6, 6.07) is 0. The van der Waals surface area contributed by atoms with Gasteiger partial charge in [0.25, 0.3) is 0 Å². The maximum absolute atomic E-state index is 10.8. The number of aliphatic hydroxyl groups is 10. The highest BCUT2D eigenvalue weighted by molar-refractivity contribution is 5.56. The lowest BCUT2D eigenvalue weighted by molar-refractivity contribution is -0.375. The number of ether oxygens (including phenoxy) is 4. The molecule has 2 aliphatic rings. The Hall–Kier alpha value is -0.890. The fraction of sp³-hybridized carbons (Fsp3) is 0.944. The van der Waals surface area contributed by atoms with Gasteiger partial charge in [0.05, 0.1) is 19.3 Å². The lowest BCUT2D eigenvalue weighted by Crippen LogP contribution is -2.65. The summed E-state index contributed by atoms with van der Waals surface area (Å²) in [6.45, 7) is -0.451. The summed E-state index contributed by atoms with van der Waals surface area (Å²) in [5, 5.41) is 99.1. The van der Waals surface area contributed by atoms with Crippen LogP contribution in [0, 0.1) is 0 Å². The number of aldehydes is 1. The quantitative estimate of drug-likeness (QED) is 0.128. The number of carbonyl (C=O) groups is 1. The Balaban J connectivity index is 2.31. The molecule has 2 saturated heterocycles. The molecule has 194 valence electrons. The van der Waals surface area contributed by atoms with Crippen molar-refractivity contribution in [3.63, 3.8) is 0 Å². The van der Waals surface area contributed by atoms with Crippen molar-refractivity contribution in [3.8, 4) is 0 Å². The SMILES string of the molecule is CC1OC(OC2C(OC(C(O)CO)C(O)C(O)C=O)OC(CO)C(O)C2O)C(O)C(O)C1O. The zero-order valence-corrected chi connectivity index (χ0v) is 17.6. The van der Waals surface area contributed by atoms with Crippen molar-refractivity contribution in [2.45, 2.75) is 92.8 Å². The Kier molecular flexibility index (Phi) is 10.5. The third-order valence-electron chi connectivity index (χ3n) is 5.61. The highest BCUT2D eigenvalue weighted by Crippen LogP contribution is 2.31. The Morgan fingerprint density at radius 2 is 1.52 bits per heavy atom. The molecule has 0 aliphatic carbocycles. The van der Waals surface area contributed by atoms with Gasteiger partial charge in [0.1, 0.15) is 67.1 Å². The van der Waals surface area contributed by atoms with E-state index in [-0.39, 0.29) is 6.29 Å². The Morgan fingerprint density at radius 3 is 2.06 bits per heavy atom. The molecule has 2 rings (SSSR count). The molecule has 0 saturated carbocycles. The second-order valence-electron chi connectivity index (χ2n) is 7.96. The fourth-order valence-corrected chi connectivity index (χ4v) is 3.52. The zero-order valence-electron chi connectivity index (χ0n) is 17.6. The Bertz CT molecular complexity index is 609. The first-order valence-electron chi connectivity index (χ1n) is 10.2. The number of hydrogen-bond acceptors (Lipinski definition) is 15. The fourth-order valence-electron chi connectivity index (χ4n) is 3.52. The second-order valence-corrected chi connectivity index (χ2v) is 7.96. The van der Waals surface area contributed by atoms with Crippen molar-refractivity contribution >= 4 is 6.29 Å². The summed E-state index contributed by atoms with van der Waals surface area (Å²) >= 11 is 0. The Morgan fingerprint density at radius 1 is 0.879 bits per heavy atom. The predicted octanol–water partition coefficient (Wildman–Crippen LogP) is -6.70. The molecule has 0 amide bonds. The van der Waals surface area contributed by atoms with Gasteiger partial charge in [0.15, 0.2) is 18.9 Å². The van der Waals surface area contributed by atoms with Crippen LogP contribution in [0.5, 0.6) is 0 Å². The molecular formula is C18H32O15. The van der Waals surface area contributed by atoms with E-state index < -0.39 is 99.0 Å². The van der Waals surface area contributed by atoms with E-state index in [0.717, 1.165) is 0 Å². The summed E-state index contributed by atoms with van der Waals surface area (Å²) in [4.78, 5) is 10.8. The van der Waals surface area contributed by atoms with Crippen LogP contribution in [0.4, 0.5) is 0 Å². The predicted molar refractivity (Wildman–Crippen MR) is 101 cm³/mol. The van der Waals surface area contributed by atoms with E-state index in [9.17, 15) is 55.9 Å². The monoisotopic (exact) mass is 488 g/mol. The highest BCUT2D eigenvalue weighted by Gasteiger charge is 2.51. The van der Waals surface area contributed by atoms with Gasteiger partial charge in [0.2, 0.25) is 0 Å². The summed E-state index contributed by atoms with van der Waals surface area (Å²) in [6.07, 6.45) is -24.3. The van der Waals surface area contributed by atoms with Gasteiger partial charge in [-0.1, -0.05) is 0 Å². The molecule has 0 aromatic rings. The van der Waals surface area contributed by atoms with E-state index in [2.05, 4.69) is 0 Å². The van der Waals surface area contributed by atoms with E-state index in [1.165, 1.54) is 6.92 Å². The van der Waals surface area contributed by atoms with E-state index in [4.69, 9.17) is 18.9 Å². The molecule has 0 bridgehead atoms. The summed E-state index contributed by atoms with van der Waals surface area (Å²) in [7, 11) is 0. The molecule has 14 atom stereocenters. The minimum absolute atomic E-state index is 0.0593. The van der Waals surface area contributed by atoms with Gasteiger partial charge in [-0.3, -0.25) is 0 Å². The number of hydrogen-bond donors (Lipinski definition) is 10. The topological polar surface area (TPSA) is 256 Å². The average Bonchev–Trinajstić information content (AvgIpc) is 2.81. The van der Waals surface area contributed by atoms with Crippen molar-refractivity contribution in [2.24, 2.45) is 0 Å². The lowest BCUT2D eigenvalue weighted by atomic mass is 9.97. The molecule has 2 aliphatic heterocycles. The molecule has 0 aromatic carbocycles. The van der Waals surface area contributed by atoms with Gasteiger partial charge < -0.3 is 74.8 Å². The van der Waals surface area contributed by atoms with Crippen LogP contribution >= 0.6 is 0 Å². The van der Waals surface area contributed by atoms with Crippen LogP contribution in [0.2, 0.25) is 0 Å². The van der Waals surface area contributed by atoms with Gasteiger partial charge in [0, 0.05) is 0 Å². The number of rotatable bonds is 10. The van der Waals surface area contributed by atoms with Gasteiger partial charge in [-0.25, -0.2) is 0 Å². The molecule has 0 aromatic heterocycles. The lowest BCUT2D eigenvalue weighted by Gasteiger charge is -2.46. The molecule has 33 heavy (non-hydrogen) atoms. The molecule has 14 unspecified atom stereocenters. The molecular weight excluding hydrogens is 456 g/mol. The molecule has 0 spiro atoms. The molecule has 0 radical (unpaired) electrons. The van der Waals surface area contributed by atoms with Crippen LogP contribution in [0.3, 0.4) is 0 Å². The van der Waals surface area contributed by atoms with E-state index in [1.807, 2.05) is 0 Å². The summed E-state index contributed by atoms with van der Waals surface area (Å²) in [5.74, 6) is 0. The highest BCUT2D eigenvalue weighted by atomic mass is 16.8. The molecule has 2 fully saturated rings. The Labute approximate surface area is 187 Å². The van der Waals surface area contributed by atoms with Crippen LogP contribution in [0.15, 0.2) is 0 Å². The largest absolute Gasteiger partial charge is 0.394 e. The molecule has 10 N–H and O–H groups in total. The van der Waals surface area contributed by atoms with Crippen LogP contribution in [0.1, 0.15) is 6.92 Å². The van der Waals surface area contributed by atoms with Crippen molar-refractivity contribution in [1.82, 2.24) is 0 Å². The minimum Gasteiger partial charge on any atom is -0.394 e. The first kappa shape index (κ1) is 28.3. The third kappa shape index (κ3) is 6.22. The summed E-state index contributed by atoms with van der Waals surface area (Å²) in [5.41, 5.74) is 0. The second kappa shape index (κ2) is 12.2. The third-order valence-corrected chi connectivity index (χ3v) is 5.61.